The lowest BCUT2D eigenvalue weighted by molar-refractivity contribution is -0.122. The lowest BCUT2D eigenvalue weighted by Gasteiger charge is -2.32. The van der Waals surface area contributed by atoms with Crippen LogP contribution in [0.1, 0.15) is 36.2 Å². The van der Waals surface area contributed by atoms with Gasteiger partial charge in [0.2, 0.25) is 5.91 Å². The molecule has 7 nitrogen and oxygen atoms in total. The summed E-state index contributed by atoms with van der Waals surface area (Å²) in [6, 6.07) is 6.99. The number of aromatic nitrogens is 2. The van der Waals surface area contributed by atoms with E-state index in [9.17, 15) is 9.59 Å². The van der Waals surface area contributed by atoms with Gasteiger partial charge in [-0.15, -0.1) is 0 Å². The van der Waals surface area contributed by atoms with Crippen LogP contribution in [0.2, 0.25) is 0 Å². The largest absolute Gasteiger partial charge is 0.394 e. The van der Waals surface area contributed by atoms with E-state index in [4.69, 9.17) is 5.11 Å². The first kappa shape index (κ1) is 18.1. The smallest absolute Gasteiger partial charge is 0.258 e. The second-order valence-electron chi connectivity index (χ2n) is 6.63. The van der Waals surface area contributed by atoms with Gasteiger partial charge in [0.05, 0.1) is 24.9 Å². The van der Waals surface area contributed by atoms with Gasteiger partial charge in [-0.3, -0.25) is 14.3 Å². The van der Waals surface area contributed by atoms with Crippen molar-refractivity contribution >= 4 is 17.5 Å². The van der Waals surface area contributed by atoms with Crippen LogP contribution in [0, 0.1) is 5.92 Å². The van der Waals surface area contributed by atoms with E-state index in [0.717, 1.165) is 17.7 Å². The van der Waals surface area contributed by atoms with Crippen molar-refractivity contribution in [3.63, 3.8) is 0 Å². The Labute approximate surface area is 152 Å². The fourth-order valence-electron chi connectivity index (χ4n) is 3.26. The number of amides is 2. The van der Waals surface area contributed by atoms with E-state index < -0.39 is 6.04 Å². The van der Waals surface area contributed by atoms with Crippen molar-refractivity contribution in [1.29, 1.82) is 0 Å². The normalized spacial score (nSPS) is 18.0. The molecule has 0 saturated heterocycles. The van der Waals surface area contributed by atoms with Crippen molar-refractivity contribution in [2.75, 3.05) is 11.9 Å². The summed E-state index contributed by atoms with van der Waals surface area (Å²) < 4.78 is 1.53. The van der Waals surface area contributed by atoms with Crippen LogP contribution in [0.15, 0.2) is 36.7 Å². The first-order valence-electron chi connectivity index (χ1n) is 8.88. The molecule has 3 rings (SSSR count). The summed E-state index contributed by atoms with van der Waals surface area (Å²) in [6.45, 7) is 4.62. The molecule has 0 spiro atoms. The summed E-state index contributed by atoms with van der Waals surface area (Å²) in [4.78, 5) is 27.7. The fraction of sp³-hybridized carbons (Fsp3) is 0.421. The van der Waals surface area contributed by atoms with E-state index in [0.29, 0.717) is 18.7 Å². The predicted octanol–water partition coefficient (Wildman–Crippen LogP) is 1.88. The summed E-state index contributed by atoms with van der Waals surface area (Å²) in [7, 11) is 0. The van der Waals surface area contributed by atoms with Crippen LogP contribution in [-0.2, 0) is 17.9 Å². The maximum absolute atomic E-state index is 13.2. The van der Waals surface area contributed by atoms with Crippen LogP contribution in [-0.4, -0.2) is 44.3 Å². The molecule has 7 heteroatoms. The van der Waals surface area contributed by atoms with Gasteiger partial charge in [0.1, 0.15) is 6.04 Å². The fourth-order valence-corrected chi connectivity index (χ4v) is 3.26. The van der Waals surface area contributed by atoms with Gasteiger partial charge in [-0.1, -0.05) is 38.5 Å². The van der Waals surface area contributed by atoms with Gasteiger partial charge in [-0.2, -0.15) is 5.10 Å². The zero-order valence-electron chi connectivity index (χ0n) is 15.1. The number of hydrogen-bond acceptors (Lipinski definition) is 4. The number of fused-ring (bicyclic) bond motifs is 1. The Balaban J connectivity index is 1.98. The predicted molar refractivity (Wildman–Crippen MR) is 97.5 cm³/mol. The third-order valence-corrected chi connectivity index (χ3v) is 4.87. The van der Waals surface area contributed by atoms with Crippen molar-refractivity contribution in [3.8, 4) is 0 Å². The summed E-state index contributed by atoms with van der Waals surface area (Å²) in [5.41, 5.74) is 2.07. The number of benzene rings is 1. The van der Waals surface area contributed by atoms with E-state index in [1.807, 2.05) is 38.1 Å². The van der Waals surface area contributed by atoms with Crippen LogP contribution >= 0.6 is 0 Å². The average molecular weight is 356 g/mol. The zero-order chi connectivity index (χ0) is 18.7. The van der Waals surface area contributed by atoms with Crippen LogP contribution < -0.4 is 5.32 Å². The zero-order valence-corrected chi connectivity index (χ0v) is 15.1. The van der Waals surface area contributed by atoms with Crippen LogP contribution in [0.4, 0.5) is 5.69 Å². The number of para-hydroxylation sites is 1. The van der Waals surface area contributed by atoms with Crippen molar-refractivity contribution in [1.82, 2.24) is 14.7 Å². The minimum Gasteiger partial charge on any atom is -0.394 e. The first-order valence-corrected chi connectivity index (χ1v) is 8.88. The topological polar surface area (TPSA) is 87.5 Å². The molecule has 0 radical (unpaired) electrons. The Morgan fingerprint density at radius 1 is 1.42 bits per heavy atom. The number of nitrogens with one attached hydrogen (secondary N) is 1. The number of carbonyl (C=O) groups is 2. The molecule has 0 bridgehead atoms. The molecule has 1 unspecified atom stereocenters. The monoisotopic (exact) mass is 356 g/mol. The minimum atomic E-state index is -0.555. The van der Waals surface area contributed by atoms with Crippen molar-refractivity contribution < 1.29 is 14.7 Å². The molecule has 0 saturated carbocycles. The van der Waals surface area contributed by atoms with Crippen LogP contribution in [0.3, 0.4) is 0 Å². The van der Waals surface area contributed by atoms with E-state index in [1.54, 1.807) is 11.1 Å². The van der Waals surface area contributed by atoms with Crippen molar-refractivity contribution in [2.45, 2.75) is 39.4 Å². The Kier molecular flexibility index (Phi) is 5.37. The number of carbonyl (C=O) groups excluding carboxylic acids is 2. The van der Waals surface area contributed by atoms with Gasteiger partial charge in [0.25, 0.3) is 5.91 Å². The highest BCUT2D eigenvalue weighted by Gasteiger charge is 2.37. The molecule has 2 aromatic rings. The number of aliphatic hydroxyl groups excluding tert-OH is 1. The Morgan fingerprint density at radius 2 is 2.19 bits per heavy atom. The van der Waals surface area contributed by atoms with Crippen LogP contribution in [0.5, 0.6) is 0 Å². The Hall–Kier alpha value is -2.67. The summed E-state index contributed by atoms with van der Waals surface area (Å²) in [5, 5.41) is 16.1. The van der Waals surface area contributed by atoms with Gasteiger partial charge in [-0.05, 0) is 17.5 Å². The molecule has 1 aliphatic rings. The molecule has 1 aromatic heterocycles. The Morgan fingerprint density at radius 3 is 2.92 bits per heavy atom. The highest BCUT2D eigenvalue weighted by molar-refractivity contribution is 6.02. The number of nitrogens with zero attached hydrogens (tertiary/aromatic N) is 3. The first-order chi connectivity index (χ1) is 12.5. The van der Waals surface area contributed by atoms with Crippen LogP contribution in [0.25, 0.3) is 0 Å². The number of hydrogen-bond donors (Lipinski definition) is 2. The molecule has 138 valence electrons. The third kappa shape index (κ3) is 3.48. The molecule has 0 fully saturated rings. The molecule has 2 amide bonds. The number of rotatable bonds is 5. The van der Waals surface area contributed by atoms with E-state index in [2.05, 4.69) is 10.4 Å². The minimum absolute atomic E-state index is 0.0146. The molecular weight excluding hydrogens is 332 g/mol. The van der Waals surface area contributed by atoms with E-state index >= 15 is 0 Å². The molecule has 1 aliphatic heterocycles. The molecule has 2 atom stereocenters. The van der Waals surface area contributed by atoms with E-state index in [1.165, 1.54) is 10.9 Å². The van der Waals surface area contributed by atoms with Gasteiger partial charge >= 0.3 is 0 Å². The summed E-state index contributed by atoms with van der Waals surface area (Å²) in [6.07, 6.45) is 3.88. The van der Waals surface area contributed by atoms with Gasteiger partial charge in [-0.25, -0.2) is 0 Å². The lowest BCUT2D eigenvalue weighted by Crippen LogP contribution is -2.48. The maximum Gasteiger partial charge on any atom is 0.258 e. The molecule has 2 N–H and O–H groups in total. The van der Waals surface area contributed by atoms with Crippen molar-refractivity contribution in [3.05, 3.63) is 47.8 Å². The van der Waals surface area contributed by atoms with E-state index in [-0.39, 0.29) is 24.3 Å². The van der Waals surface area contributed by atoms with Gasteiger partial charge in [0, 0.05) is 18.4 Å². The second kappa shape index (κ2) is 7.70. The molecule has 2 heterocycles. The SMILES string of the molecule is CCC(C)[C@H]1C(=O)Nc2ccccc2CN1C(=O)c1cnn(CCO)c1. The summed E-state index contributed by atoms with van der Waals surface area (Å²) in [5.74, 6) is -0.382. The van der Waals surface area contributed by atoms with Crippen molar-refractivity contribution in [2.24, 2.45) is 5.92 Å². The number of anilines is 1. The number of aliphatic hydroxyl groups is 1. The Bertz CT molecular complexity index is 802. The summed E-state index contributed by atoms with van der Waals surface area (Å²) >= 11 is 0. The van der Waals surface area contributed by atoms with Gasteiger partial charge in [0.15, 0.2) is 0 Å². The molecular formula is C19H24N4O3. The highest BCUT2D eigenvalue weighted by Crippen LogP contribution is 2.28. The highest BCUT2D eigenvalue weighted by atomic mass is 16.3. The third-order valence-electron chi connectivity index (χ3n) is 4.87. The lowest BCUT2D eigenvalue weighted by atomic mass is 9.96. The quantitative estimate of drug-likeness (QED) is 0.856. The van der Waals surface area contributed by atoms with Gasteiger partial charge < -0.3 is 15.3 Å². The average Bonchev–Trinajstić information content (AvgIpc) is 3.04. The molecule has 0 aliphatic carbocycles. The second-order valence-corrected chi connectivity index (χ2v) is 6.63. The molecule has 26 heavy (non-hydrogen) atoms. The maximum atomic E-state index is 13.2. The standard InChI is InChI=1S/C19H24N4O3/c1-3-13(2)17-18(25)21-16-7-5-4-6-14(16)12-23(17)19(26)15-10-20-22(11-15)8-9-24/h4-7,10-11,13,17,24H,3,8-9,12H2,1-2H3,(H,21,25)/t13?,17-/m0/s1. The molecule has 1 aromatic carbocycles.